The van der Waals surface area contributed by atoms with E-state index in [-0.39, 0.29) is 0 Å². The second kappa shape index (κ2) is 9.84. The van der Waals surface area contributed by atoms with Crippen LogP contribution < -0.4 is 5.32 Å². The summed E-state index contributed by atoms with van der Waals surface area (Å²) in [7, 11) is 0. The molecule has 4 heteroatoms. The van der Waals surface area contributed by atoms with Crippen molar-refractivity contribution in [3.05, 3.63) is 106 Å². The molecule has 0 amide bonds. The van der Waals surface area contributed by atoms with Crippen LogP contribution in [0.5, 0.6) is 0 Å². The zero-order valence-corrected chi connectivity index (χ0v) is 23.7. The Hall–Kier alpha value is -3.63. The molecule has 0 unspecified atom stereocenters. The fourth-order valence-electron chi connectivity index (χ4n) is 6.83. The van der Waals surface area contributed by atoms with Gasteiger partial charge in [-0.3, -0.25) is 4.40 Å². The molecule has 3 aromatic carbocycles. The largest absolute Gasteiger partial charge is 0.344 e. The molecule has 39 heavy (non-hydrogen) atoms. The third-order valence-corrected chi connectivity index (χ3v) is 9.07. The Labute approximate surface area is 236 Å². The molecule has 196 valence electrons. The van der Waals surface area contributed by atoms with Gasteiger partial charge in [-0.15, -0.1) is 0 Å². The van der Waals surface area contributed by atoms with Crippen molar-refractivity contribution >= 4 is 28.5 Å². The first-order chi connectivity index (χ1) is 19.1. The molecule has 0 fully saturated rings. The predicted molar refractivity (Wildman–Crippen MR) is 167 cm³/mol. The Bertz CT molecular complexity index is 1700. The van der Waals surface area contributed by atoms with E-state index in [1.54, 1.807) is 0 Å². The molecule has 0 atom stereocenters. The van der Waals surface area contributed by atoms with Gasteiger partial charge in [0.1, 0.15) is 10.6 Å². The van der Waals surface area contributed by atoms with Crippen LogP contribution in [0.15, 0.2) is 72.9 Å². The molecule has 5 aromatic rings. The molecular formula is C35H35N3S. The first-order valence-corrected chi connectivity index (χ1v) is 14.8. The zero-order valence-electron chi connectivity index (χ0n) is 22.9. The highest BCUT2D eigenvalue weighted by Crippen LogP contribution is 2.41. The van der Waals surface area contributed by atoms with E-state index in [1.165, 1.54) is 94.4 Å². The number of hydrogen-bond acceptors (Lipinski definition) is 1. The van der Waals surface area contributed by atoms with E-state index >= 15 is 0 Å². The number of rotatable bonds is 4. The summed E-state index contributed by atoms with van der Waals surface area (Å²) in [6, 6.07) is 24.4. The monoisotopic (exact) mass is 529 g/mol. The maximum Gasteiger partial charge on any atom is 0.128 e. The van der Waals surface area contributed by atoms with E-state index < -0.39 is 0 Å². The summed E-state index contributed by atoms with van der Waals surface area (Å²) >= 11 is 6.30. The number of anilines is 1. The number of para-hydroxylation sites is 1. The molecule has 0 spiro atoms. The lowest BCUT2D eigenvalue weighted by atomic mass is 9.88. The van der Waals surface area contributed by atoms with Gasteiger partial charge >= 0.3 is 0 Å². The smallest absolute Gasteiger partial charge is 0.128 e. The minimum Gasteiger partial charge on any atom is -0.344 e. The van der Waals surface area contributed by atoms with E-state index in [1.807, 2.05) is 0 Å². The third kappa shape index (κ3) is 4.13. The Kier molecular flexibility index (Phi) is 6.16. The van der Waals surface area contributed by atoms with Gasteiger partial charge in [0.15, 0.2) is 0 Å². The van der Waals surface area contributed by atoms with Crippen molar-refractivity contribution < 1.29 is 0 Å². The molecule has 1 aliphatic carbocycles. The molecule has 1 N–H and O–H groups in total. The van der Waals surface area contributed by atoms with Crippen molar-refractivity contribution in [3.8, 4) is 22.4 Å². The Morgan fingerprint density at radius 3 is 2.31 bits per heavy atom. The number of aryl methyl sites for hydroxylation is 6. The summed E-state index contributed by atoms with van der Waals surface area (Å²) in [5.41, 5.74) is 15.6. The fourth-order valence-corrected chi connectivity index (χ4v) is 7.13. The maximum absolute atomic E-state index is 6.30. The van der Waals surface area contributed by atoms with E-state index in [9.17, 15) is 0 Å². The average molecular weight is 530 g/mol. The number of nitrogens with zero attached hydrogens (tertiary/aromatic N) is 2. The topological polar surface area (TPSA) is 21.4 Å². The summed E-state index contributed by atoms with van der Waals surface area (Å²) in [5, 5.41) is 3.70. The molecule has 1 aliphatic heterocycles. The Balaban J connectivity index is 1.49. The van der Waals surface area contributed by atoms with Crippen molar-refractivity contribution in [2.75, 3.05) is 5.32 Å². The Morgan fingerprint density at radius 1 is 0.769 bits per heavy atom. The van der Waals surface area contributed by atoms with Crippen molar-refractivity contribution in [2.45, 2.75) is 65.3 Å². The normalized spacial score (nSPS) is 14.7. The molecule has 0 saturated carbocycles. The van der Waals surface area contributed by atoms with Gasteiger partial charge in [0.05, 0.1) is 11.4 Å². The summed E-state index contributed by atoms with van der Waals surface area (Å²) < 4.78 is 4.95. The highest BCUT2D eigenvalue weighted by molar-refractivity contribution is 7.81. The van der Waals surface area contributed by atoms with Gasteiger partial charge in [0.2, 0.25) is 0 Å². The maximum atomic E-state index is 6.30. The minimum atomic E-state index is 0.790. The lowest BCUT2D eigenvalue weighted by Gasteiger charge is -2.18. The van der Waals surface area contributed by atoms with Crippen LogP contribution in [-0.2, 0) is 25.8 Å². The van der Waals surface area contributed by atoms with Crippen LogP contribution in [0.3, 0.4) is 0 Å². The number of benzene rings is 3. The molecule has 7 rings (SSSR count). The van der Waals surface area contributed by atoms with Crippen LogP contribution in [0.1, 0.15) is 59.2 Å². The van der Waals surface area contributed by atoms with Crippen molar-refractivity contribution in [2.24, 2.45) is 0 Å². The van der Waals surface area contributed by atoms with Gasteiger partial charge in [0.25, 0.3) is 0 Å². The number of thiocarbonyl (C=S) groups is 1. The molecule has 0 saturated heterocycles. The number of hydrogen-bond donors (Lipinski definition) is 1. The third-order valence-electron chi connectivity index (χ3n) is 8.78. The van der Waals surface area contributed by atoms with E-state index in [2.05, 4.69) is 101 Å². The van der Waals surface area contributed by atoms with Gasteiger partial charge in [-0.25, -0.2) is 0 Å². The van der Waals surface area contributed by atoms with Crippen molar-refractivity contribution in [3.63, 3.8) is 0 Å². The lowest BCUT2D eigenvalue weighted by Crippen LogP contribution is -2.16. The quantitative estimate of drug-likeness (QED) is 0.235. The van der Waals surface area contributed by atoms with Crippen LogP contribution in [0.25, 0.3) is 28.0 Å². The first-order valence-electron chi connectivity index (χ1n) is 14.4. The summed E-state index contributed by atoms with van der Waals surface area (Å²) in [6.45, 7) is 5.34. The van der Waals surface area contributed by atoms with E-state index in [0.29, 0.717) is 0 Å². The summed E-state index contributed by atoms with van der Waals surface area (Å²) in [5.74, 6) is 0. The van der Waals surface area contributed by atoms with Crippen LogP contribution in [0, 0.1) is 13.8 Å². The SMILES string of the molecule is Cc1cccc(C)c1NC(=S)c1c(-c2ccc3c(c2)CCCC3)c2c3n(c(-c4ccccc4)cn13)CCCC2. The van der Waals surface area contributed by atoms with Crippen LogP contribution in [0.2, 0.25) is 0 Å². The van der Waals surface area contributed by atoms with Crippen LogP contribution >= 0.6 is 12.2 Å². The van der Waals surface area contributed by atoms with Gasteiger partial charge in [-0.1, -0.05) is 78.9 Å². The minimum absolute atomic E-state index is 0.790. The summed E-state index contributed by atoms with van der Waals surface area (Å²) in [4.78, 5) is 0.790. The lowest BCUT2D eigenvalue weighted by molar-refractivity contribution is 0.647. The molecular weight excluding hydrogens is 494 g/mol. The number of imidazole rings is 1. The Morgan fingerprint density at radius 2 is 1.51 bits per heavy atom. The van der Waals surface area contributed by atoms with Gasteiger partial charge in [-0.05, 0) is 92.2 Å². The molecule has 0 radical (unpaired) electrons. The molecule has 2 aliphatic rings. The van der Waals surface area contributed by atoms with Gasteiger partial charge in [-0.2, -0.15) is 0 Å². The number of fused-ring (bicyclic) bond motifs is 1. The zero-order chi connectivity index (χ0) is 26.5. The molecule has 3 heterocycles. The summed E-state index contributed by atoms with van der Waals surface area (Å²) in [6.07, 6.45) is 10.7. The van der Waals surface area contributed by atoms with Gasteiger partial charge < -0.3 is 9.88 Å². The fraction of sp³-hybridized carbons (Fsp3) is 0.286. The standard InChI is InChI=1S/C35H35N3S/c1-23-11-10-12-24(2)32(23)36-34(39)33-31(28-19-18-25-13-6-7-16-27(25)21-28)29-17-8-9-20-37-30(22-38(33)35(29)37)26-14-4-3-5-15-26/h3-5,10-12,14-15,18-19,21-22H,6-9,13,16-17,20H2,1-2H3,(H,36,39). The van der Waals surface area contributed by atoms with Crippen molar-refractivity contribution in [1.29, 1.82) is 0 Å². The number of nitrogens with one attached hydrogen (secondary N) is 1. The van der Waals surface area contributed by atoms with Crippen LogP contribution in [-0.4, -0.2) is 14.0 Å². The first kappa shape index (κ1) is 24.4. The molecule has 3 nitrogen and oxygen atoms in total. The van der Waals surface area contributed by atoms with E-state index in [0.717, 1.165) is 29.3 Å². The van der Waals surface area contributed by atoms with E-state index in [4.69, 9.17) is 12.2 Å². The number of aromatic nitrogens is 2. The molecule has 0 bridgehead atoms. The second-order valence-corrected chi connectivity index (χ2v) is 11.7. The average Bonchev–Trinajstić information content (AvgIpc) is 3.38. The van der Waals surface area contributed by atoms with Crippen molar-refractivity contribution in [1.82, 2.24) is 8.97 Å². The van der Waals surface area contributed by atoms with Crippen LogP contribution in [0.4, 0.5) is 5.69 Å². The predicted octanol–water partition coefficient (Wildman–Crippen LogP) is 8.69. The highest BCUT2D eigenvalue weighted by atomic mass is 32.1. The second-order valence-electron chi connectivity index (χ2n) is 11.3. The molecule has 2 aromatic heterocycles. The highest BCUT2D eigenvalue weighted by Gasteiger charge is 2.29. The van der Waals surface area contributed by atoms with Gasteiger partial charge in [0, 0.05) is 29.6 Å².